The van der Waals surface area contributed by atoms with Crippen LogP contribution < -0.4 is 5.32 Å². The van der Waals surface area contributed by atoms with Crippen molar-refractivity contribution in [3.8, 4) is 0 Å². The molecule has 3 aliphatic rings. The van der Waals surface area contributed by atoms with Gasteiger partial charge in [0.2, 0.25) is 11.8 Å². The lowest BCUT2D eigenvalue weighted by Crippen LogP contribution is -2.55. The second kappa shape index (κ2) is 12.2. The predicted molar refractivity (Wildman–Crippen MR) is 121 cm³/mol. The average molecular weight is 437 g/mol. The minimum absolute atomic E-state index is 0.00909. The lowest BCUT2D eigenvalue weighted by Gasteiger charge is -2.37. The molecule has 3 fully saturated rings. The first-order valence-corrected chi connectivity index (χ1v) is 11.8. The van der Waals surface area contributed by atoms with Crippen LogP contribution in [0.15, 0.2) is 4.99 Å². The van der Waals surface area contributed by atoms with Crippen LogP contribution in [0.2, 0.25) is 0 Å². The Morgan fingerprint density at radius 2 is 1.71 bits per heavy atom. The van der Waals surface area contributed by atoms with Gasteiger partial charge in [-0.05, 0) is 19.3 Å². The molecule has 1 unspecified atom stereocenters. The monoisotopic (exact) mass is 436 g/mol. The highest BCUT2D eigenvalue weighted by Gasteiger charge is 2.25. The van der Waals surface area contributed by atoms with Crippen LogP contribution in [-0.2, 0) is 14.3 Å². The van der Waals surface area contributed by atoms with Crippen LogP contribution in [0.1, 0.15) is 32.1 Å². The second-order valence-electron chi connectivity index (χ2n) is 9.10. The van der Waals surface area contributed by atoms with Gasteiger partial charge in [-0.1, -0.05) is 12.8 Å². The summed E-state index contributed by atoms with van der Waals surface area (Å²) >= 11 is 0. The molecule has 3 heterocycles. The van der Waals surface area contributed by atoms with Crippen molar-refractivity contribution in [2.45, 2.75) is 32.1 Å². The predicted octanol–water partition coefficient (Wildman–Crippen LogP) is 0.0769. The number of amides is 2. The first-order valence-electron chi connectivity index (χ1n) is 11.8. The van der Waals surface area contributed by atoms with Gasteiger partial charge in [0.25, 0.3) is 0 Å². The van der Waals surface area contributed by atoms with E-state index in [-0.39, 0.29) is 18.4 Å². The molecule has 9 heteroatoms. The molecule has 1 N–H and O–H groups in total. The Hall–Kier alpha value is -1.87. The number of piperazine rings is 1. The fourth-order valence-electron chi connectivity index (χ4n) is 4.26. The molecular weight excluding hydrogens is 396 g/mol. The Balaban J connectivity index is 1.50. The fourth-order valence-corrected chi connectivity index (χ4v) is 4.26. The van der Waals surface area contributed by atoms with Gasteiger partial charge in [-0.15, -0.1) is 0 Å². The molecule has 9 nitrogen and oxygen atoms in total. The van der Waals surface area contributed by atoms with Crippen molar-refractivity contribution in [2.24, 2.45) is 10.9 Å². The zero-order valence-corrected chi connectivity index (χ0v) is 19.4. The highest BCUT2D eigenvalue weighted by Crippen LogP contribution is 2.12. The maximum Gasteiger partial charge on any atom is 0.243 e. The number of carbonyl (C=O) groups excluding carboxylic acids is 2. The molecule has 176 valence electrons. The zero-order chi connectivity index (χ0) is 22.1. The van der Waals surface area contributed by atoms with E-state index in [0.717, 1.165) is 84.2 Å². The molecule has 0 aromatic heterocycles. The number of hydrogen-bond donors (Lipinski definition) is 1. The van der Waals surface area contributed by atoms with Crippen molar-refractivity contribution in [3.63, 3.8) is 0 Å². The summed E-state index contributed by atoms with van der Waals surface area (Å²) in [6.07, 6.45) is 5.79. The first-order chi connectivity index (χ1) is 15.0. The van der Waals surface area contributed by atoms with Gasteiger partial charge in [-0.3, -0.25) is 14.5 Å². The van der Waals surface area contributed by atoms with Gasteiger partial charge in [-0.2, -0.15) is 0 Å². The van der Waals surface area contributed by atoms with Crippen molar-refractivity contribution in [2.75, 3.05) is 86.2 Å². The second-order valence-corrected chi connectivity index (χ2v) is 9.10. The van der Waals surface area contributed by atoms with Crippen molar-refractivity contribution < 1.29 is 14.3 Å². The van der Waals surface area contributed by atoms with E-state index in [1.165, 1.54) is 12.8 Å². The summed E-state index contributed by atoms with van der Waals surface area (Å²) in [5, 5.41) is 3.47. The summed E-state index contributed by atoms with van der Waals surface area (Å²) in [6, 6.07) is 0. The summed E-state index contributed by atoms with van der Waals surface area (Å²) in [5.74, 6) is 1.54. The summed E-state index contributed by atoms with van der Waals surface area (Å²) in [5.41, 5.74) is 0. The van der Waals surface area contributed by atoms with Crippen molar-refractivity contribution >= 4 is 17.8 Å². The van der Waals surface area contributed by atoms with Crippen LogP contribution in [-0.4, -0.2) is 124 Å². The molecule has 0 spiro atoms. The Labute approximate surface area is 186 Å². The van der Waals surface area contributed by atoms with E-state index in [0.29, 0.717) is 12.5 Å². The number of nitrogens with one attached hydrogen (secondary N) is 1. The SMILES string of the molecule is CN(C)C(=O)CN=C(NCC1CCOC1)N1CCN(CC(=O)N2CCCCCC2)CC1. The number of aliphatic imine (C=N–C) groups is 1. The molecule has 0 radical (unpaired) electrons. The van der Waals surface area contributed by atoms with E-state index >= 15 is 0 Å². The van der Waals surface area contributed by atoms with Crippen molar-refractivity contribution in [3.05, 3.63) is 0 Å². The third-order valence-electron chi connectivity index (χ3n) is 6.43. The molecular formula is C22H40N6O3. The molecule has 31 heavy (non-hydrogen) atoms. The molecule has 2 amide bonds. The molecule has 1 atom stereocenters. The molecule has 0 aliphatic carbocycles. The third-order valence-corrected chi connectivity index (χ3v) is 6.43. The maximum absolute atomic E-state index is 12.7. The largest absolute Gasteiger partial charge is 0.381 e. The Bertz CT molecular complexity index is 604. The van der Waals surface area contributed by atoms with Crippen molar-refractivity contribution in [1.82, 2.24) is 24.9 Å². The number of hydrogen-bond acceptors (Lipinski definition) is 5. The smallest absolute Gasteiger partial charge is 0.243 e. The van der Waals surface area contributed by atoms with E-state index in [1.54, 1.807) is 19.0 Å². The number of likely N-dealkylation sites (tertiary alicyclic amines) is 1. The fraction of sp³-hybridized carbons (Fsp3) is 0.864. The molecule has 0 saturated carbocycles. The van der Waals surface area contributed by atoms with Crippen LogP contribution in [0.4, 0.5) is 0 Å². The number of nitrogens with zero attached hydrogens (tertiary/aromatic N) is 5. The minimum Gasteiger partial charge on any atom is -0.381 e. The highest BCUT2D eigenvalue weighted by atomic mass is 16.5. The average Bonchev–Trinajstić information content (AvgIpc) is 3.14. The van der Waals surface area contributed by atoms with Gasteiger partial charge in [0.15, 0.2) is 5.96 Å². The summed E-state index contributed by atoms with van der Waals surface area (Å²) in [4.78, 5) is 37.4. The topological polar surface area (TPSA) is 80.7 Å². The van der Waals surface area contributed by atoms with Gasteiger partial charge in [0, 0.05) is 72.4 Å². The van der Waals surface area contributed by atoms with Crippen LogP contribution in [0.3, 0.4) is 0 Å². The quantitative estimate of drug-likeness (QED) is 0.469. The summed E-state index contributed by atoms with van der Waals surface area (Å²) in [6.45, 7) is 8.13. The third kappa shape index (κ3) is 7.64. The van der Waals surface area contributed by atoms with E-state index in [1.807, 2.05) is 4.90 Å². The molecule has 3 rings (SSSR count). The van der Waals surface area contributed by atoms with E-state index in [9.17, 15) is 9.59 Å². The van der Waals surface area contributed by atoms with Gasteiger partial charge in [0.05, 0.1) is 13.2 Å². The molecule has 0 aromatic rings. The first kappa shape index (κ1) is 23.8. The molecule has 3 saturated heterocycles. The Morgan fingerprint density at radius 3 is 2.32 bits per heavy atom. The number of rotatable bonds is 6. The number of guanidine groups is 1. The van der Waals surface area contributed by atoms with Gasteiger partial charge >= 0.3 is 0 Å². The lowest BCUT2D eigenvalue weighted by atomic mass is 10.1. The van der Waals surface area contributed by atoms with Crippen molar-refractivity contribution in [1.29, 1.82) is 0 Å². The Kier molecular flexibility index (Phi) is 9.39. The van der Waals surface area contributed by atoms with Gasteiger partial charge in [0.1, 0.15) is 6.54 Å². The number of likely N-dealkylation sites (N-methyl/N-ethyl adjacent to an activating group) is 1. The number of ether oxygens (including phenoxy) is 1. The summed E-state index contributed by atoms with van der Waals surface area (Å²) < 4.78 is 5.48. The lowest BCUT2D eigenvalue weighted by molar-refractivity contribution is -0.132. The van der Waals surface area contributed by atoms with Gasteiger partial charge < -0.3 is 24.8 Å². The molecule has 3 aliphatic heterocycles. The van der Waals surface area contributed by atoms with E-state index in [4.69, 9.17) is 4.74 Å². The van der Waals surface area contributed by atoms with Crippen LogP contribution in [0, 0.1) is 5.92 Å². The highest BCUT2D eigenvalue weighted by molar-refractivity contribution is 5.85. The number of carbonyl (C=O) groups is 2. The van der Waals surface area contributed by atoms with Crippen LogP contribution in [0.5, 0.6) is 0 Å². The standard InChI is InChI=1S/C22H40N6O3/c1-25(2)20(29)16-24-22(23-15-19-7-14-31-18-19)28-12-10-26(11-13-28)17-21(30)27-8-5-3-4-6-9-27/h19H,3-18H2,1-2H3,(H,23,24). The van der Waals surface area contributed by atoms with E-state index in [2.05, 4.69) is 20.1 Å². The van der Waals surface area contributed by atoms with Crippen LogP contribution >= 0.6 is 0 Å². The zero-order valence-electron chi connectivity index (χ0n) is 19.4. The van der Waals surface area contributed by atoms with Crippen LogP contribution in [0.25, 0.3) is 0 Å². The van der Waals surface area contributed by atoms with Gasteiger partial charge in [-0.25, -0.2) is 4.99 Å². The Morgan fingerprint density at radius 1 is 1.00 bits per heavy atom. The maximum atomic E-state index is 12.7. The minimum atomic E-state index is -0.00909. The molecule has 0 bridgehead atoms. The normalized spacial score (nSPS) is 23.5. The molecule has 0 aromatic carbocycles. The summed E-state index contributed by atoms with van der Waals surface area (Å²) in [7, 11) is 3.50. The van der Waals surface area contributed by atoms with E-state index < -0.39 is 0 Å².